The maximum absolute atomic E-state index is 11.5. The summed E-state index contributed by atoms with van der Waals surface area (Å²) in [6, 6.07) is 0.00866. The summed E-state index contributed by atoms with van der Waals surface area (Å²) in [5.74, 6) is 1.78. The van der Waals surface area contributed by atoms with Crippen LogP contribution in [0.5, 0.6) is 0 Å². The second-order valence-corrected chi connectivity index (χ2v) is 4.23. The normalized spacial score (nSPS) is 12.4. The Labute approximate surface area is 94.2 Å². The quantitative estimate of drug-likeness (QED) is 0.778. The predicted octanol–water partition coefficient (Wildman–Crippen LogP) is 1.73. The Bertz CT molecular complexity index is 287. The highest BCUT2D eigenvalue weighted by atomic mass is 32.2. The number of thioether (sulfide) groups is 1. The number of nitrogens with one attached hydrogen (secondary N) is 2. The minimum Gasteiger partial charge on any atom is -0.347 e. The lowest BCUT2D eigenvalue weighted by atomic mass is 10.2. The van der Waals surface area contributed by atoms with Crippen LogP contribution in [0.4, 0.5) is 0 Å². The highest BCUT2D eigenvalue weighted by Gasteiger charge is 2.13. The molecule has 5 heteroatoms. The number of carbonyl (C=O) groups excluding carboxylic acids is 1. The van der Waals surface area contributed by atoms with Gasteiger partial charge < -0.3 is 10.3 Å². The maximum atomic E-state index is 11.5. The van der Waals surface area contributed by atoms with Gasteiger partial charge in [0.05, 0.1) is 6.04 Å². The minimum absolute atomic E-state index is 0.00866. The van der Waals surface area contributed by atoms with Crippen molar-refractivity contribution in [1.29, 1.82) is 0 Å². The molecule has 0 aromatic carbocycles. The van der Waals surface area contributed by atoms with Gasteiger partial charge in [-0.05, 0) is 12.7 Å². The number of rotatable bonds is 6. The molecule has 2 N–H and O–H groups in total. The predicted molar refractivity (Wildman–Crippen MR) is 62.8 cm³/mol. The number of aromatic nitrogens is 2. The van der Waals surface area contributed by atoms with Crippen molar-refractivity contribution in [3.63, 3.8) is 0 Å². The summed E-state index contributed by atoms with van der Waals surface area (Å²) in [4.78, 5) is 18.7. The van der Waals surface area contributed by atoms with Crippen molar-refractivity contribution in [2.45, 2.75) is 25.8 Å². The molecule has 0 fully saturated rings. The number of hydrogen-bond acceptors (Lipinski definition) is 3. The molecule has 4 nitrogen and oxygen atoms in total. The summed E-state index contributed by atoms with van der Waals surface area (Å²) in [5, 5.41) is 2.96. The van der Waals surface area contributed by atoms with Crippen molar-refractivity contribution in [2.75, 3.05) is 12.0 Å². The Kier molecular flexibility index (Phi) is 5.25. The van der Waals surface area contributed by atoms with Crippen LogP contribution in [0.15, 0.2) is 12.4 Å². The topological polar surface area (TPSA) is 57.8 Å². The first-order valence-corrected chi connectivity index (χ1v) is 6.44. The van der Waals surface area contributed by atoms with Gasteiger partial charge in [0.15, 0.2) is 0 Å². The zero-order valence-electron chi connectivity index (χ0n) is 9.12. The van der Waals surface area contributed by atoms with E-state index in [0.717, 1.165) is 18.0 Å². The number of nitrogens with zero attached hydrogens (tertiary/aromatic N) is 1. The molecule has 0 aliphatic carbocycles. The molecule has 84 valence electrons. The standard InChI is InChI=1S/C10H17N3OS/c1-3-8(10-11-5-6-12-10)13-9(14)4-7-15-2/h5-6,8H,3-4,7H2,1-2H3,(H,11,12)(H,13,14). The number of imidazole rings is 1. The zero-order valence-corrected chi connectivity index (χ0v) is 9.93. The number of H-pyrrole nitrogens is 1. The summed E-state index contributed by atoms with van der Waals surface area (Å²) in [7, 11) is 0. The molecule has 0 saturated carbocycles. The van der Waals surface area contributed by atoms with Crippen LogP contribution in [0.25, 0.3) is 0 Å². The number of aromatic amines is 1. The molecule has 0 spiro atoms. The molecular formula is C10H17N3OS. The lowest BCUT2D eigenvalue weighted by Gasteiger charge is -2.14. The van der Waals surface area contributed by atoms with Gasteiger partial charge in [-0.1, -0.05) is 6.92 Å². The average molecular weight is 227 g/mol. The summed E-state index contributed by atoms with van der Waals surface area (Å²) in [6.07, 6.45) is 6.88. The minimum atomic E-state index is 0.00866. The van der Waals surface area contributed by atoms with Gasteiger partial charge in [0, 0.05) is 24.6 Å². The van der Waals surface area contributed by atoms with Crippen molar-refractivity contribution in [1.82, 2.24) is 15.3 Å². The molecule has 0 aliphatic rings. The van der Waals surface area contributed by atoms with Crippen LogP contribution in [0.2, 0.25) is 0 Å². The van der Waals surface area contributed by atoms with Gasteiger partial charge >= 0.3 is 0 Å². The lowest BCUT2D eigenvalue weighted by molar-refractivity contribution is -0.121. The van der Waals surface area contributed by atoms with Gasteiger partial charge in [0.1, 0.15) is 5.82 Å². The first-order chi connectivity index (χ1) is 7.27. The first kappa shape index (κ1) is 12.1. The van der Waals surface area contributed by atoms with E-state index in [2.05, 4.69) is 15.3 Å². The second-order valence-electron chi connectivity index (χ2n) is 3.25. The lowest BCUT2D eigenvalue weighted by Crippen LogP contribution is -2.29. The molecule has 0 aliphatic heterocycles. The smallest absolute Gasteiger partial charge is 0.221 e. The van der Waals surface area contributed by atoms with E-state index in [1.807, 2.05) is 13.2 Å². The third-order valence-electron chi connectivity index (χ3n) is 2.13. The maximum Gasteiger partial charge on any atom is 0.221 e. The van der Waals surface area contributed by atoms with E-state index in [1.54, 1.807) is 24.2 Å². The van der Waals surface area contributed by atoms with Crippen LogP contribution >= 0.6 is 11.8 Å². The van der Waals surface area contributed by atoms with Crippen LogP contribution in [-0.2, 0) is 4.79 Å². The molecule has 1 amide bonds. The van der Waals surface area contributed by atoms with Crippen LogP contribution in [0, 0.1) is 0 Å². The van der Waals surface area contributed by atoms with E-state index in [1.165, 1.54) is 0 Å². The van der Waals surface area contributed by atoms with E-state index in [9.17, 15) is 4.79 Å². The van der Waals surface area contributed by atoms with E-state index >= 15 is 0 Å². The summed E-state index contributed by atoms with van der Waals surface area (Å²) in [6.45, 7) is 2.03. The molecular weight excluding hydrogens is 210 g/mol. The van der Waals surface area contributed by atoms with Gasteiger partial charge in [-0.2, -0.15) is 11.8 Å². The Morgan fingerprint density at radius 2 is 2.53 bits per heavy atom. The fourth-order valence-corrected chi connectivity index (χ4v) is 1.68. The fraction of sp³-hybridized carbons (Fsp3) is 0.600. The zero-order chi connectivity index (χ0) is 11.1. The van der Waals surface area contributed by atoms with Crippen molar-refractivity contribution in [2.24, 2.45) is 0 Å². The van der Waals surface area contributed by atoms with Crippen molar-refractivity contribution >= 4 is 17.7 Å². The summed E-state index contributed by atoms with van der Waals surface area (Å²) < 4.78 is 0. The Balaban J connectivity index is 2.44. The van der Waals surface area contributed by atoms with Gasteiger partial charge in [-0.3, -0.25) is 4.79 Å². The molecule has 1 unspecified atom stereocenters. The van der Waals surface area contributed by atoms with Crippen LogP contribution < -0.4 is 5.32 Å². The molecule has 0 radical (unpaired) electrons. The molecule has 0 bridgehead atoms. The van der Waals surface area contributed by atoms with Crippen molar-refractivity contribution < 1.29 is 4.79 Å². The van der Waals surface area contributed by atoms with Gasteiger partial charge in [0.25, 0.3) is 0 Å². The van der Waals surface area contributed by atoms with Gasteiger partial charge in [-0.25, -0.2) is 4.98 Å². The molecule has 1 aromatic rings. The van der Waals surface area contributed by atoms with Crippen molar-refractivity contribution in [3.05, 3.63) is 18.2 Å². The number of amides is 1. The summed E-state index contributed by atoms with van der Waals surface area (Å²) >= 11 is 1.68. The Morgan fingerprint density at radius 1 is 1.73 bits per heavy atom. The fourth-order valence-electron chi connectivity index (χ4n) is 1.29. The highest BCUT2D eigenvalue weighted by Crippen LogP contribution is 2.11. The monoisotopic (exact) mass is 227 g/mol. The number of hydrogen-bond donors (Lipinski definition) is 2. The highest BCUT2D eigenvalue weighted by molar-refractivity contribution is 7.98. The van der Waals surface area contributed by atoms with Gasteiger partial charge in [-0.15, -0.1) is 0 Å². The molecule has 1 aromatic heterocycles. The third-order valence-corrected chi connectivity index (χ3v) is 2.74. The molecule has 15 heavy (non-hydrogen) atoms. The third kappa shape index (κ3) is 3.95. The molecule has 1 atom stereocenters. The Hall–Kier alpha value is -0.970. The van der Waals surface area contributed by atoms with Gasteiger partial charge in [0.2, 0.25) is 5.91 Å². The molecule has 1 rings (SSSR count). The second kappa shape index (κ2) is 6.50. The summed E-state index contributed by atoms with van der Waals surface area (Å²) in [5.41, 5.74) is 0. The van der Waals surface area contributed by atoms with Crippen LogP contribution in [-0.4, -0.2) is 27.9 Å². The van der Waals surface area contributed by atoms with E-state index < -0.39 is 0 Å². The number of carbonyl (C=O) groups is 1. The Morgan fingerprint density at radius 3 is 3.07 bits per heavy atom. The van der Waals surface area contributed by atoms with Crippen molar-refractivity contribution in [3.8, 4) is 0 Å². The van der Waals surface area contributed by atoms with Crippen LogP contribution in [0.1, 0.15) is 31.6 Å². The largest absolute Gasteiger partial charge is 0.347 e. The van der Waals surface area contributed by atoms with E-state index in [0.29, 0.717) is 6.42 Å². The first-order valence-electron chi connectivity index (χ1n) is 5.05. The van der Waals surface area contributed by atoms with E-state index in [4.69, 9.17) is 0 Å². The molecule has 0 saturated heterocycles. The molecule has 1 heterocycles. The SMILES string of the molecule is CCC(NC(=O)CCSC)c1ncc[nH]1. The average Bonchev–Trinajstić information content (AvgIpc) is 2.76. The van der Waals surface area contributed by atoms with E-state index in [-0.39, 0.29) is 11.9 Å². The van der Waals surface area contributed by atoms with Crippen LogP contribution in [0.3, 0.4) is 0 Å².